The number of rotatable bonds is 12. The normalized spacial score (nSPS) is 12.1. The van der Waals surface area contributed by atoms with Crippen LogP contribution in [0.25, 0.3) is 0 Å². The molecule has 0 saturated heterocycles. The van der Waals surface area contributed by atoms with Crippen molar-refractivity contribution in [3.63, 3.8) is 0 Å². The fourth-order valence-corrected chi connectivity index (χ4v) is 3.72. The zero-order chi connectivity index (χ0) is 16.5. The predicted molar refractivity (Wildman–Crippen MR) is 84.3 cm³/mol. The molecule has 2 N–H and O–H groups in total. The quantitative estimate of drug-likeness (QED) is 0.517. The summed E-state index contributed by atoms with van der Waals surface area (Å²) in [5, 5.41) is 19.7. The van der Waals surface area contributed by atoms with Crippen LogP contribution in [-0.2, 0) is 9.59 Å². The topological polar surface area (TPSA) is 74.6 Å². The van der Waals surface area contributed by atoms with Gasteiger partial charge in [-0.2, -0.15) is 0 Å². The summed E-state index contributed by atoms with van der Waals surface area (Å²) in [6.45, 7) is 7.97. The van der Waals surface area contributed by atoms with Gasteiger partial charge in [0, 0.05) is 0 Å². The Balaban J connectivity index is 5.89. The van der Waals surface area contributed by atoms with Gasteiger partial charge < -0.3 is 10.2 Å². The van der Waals surface area contributed by atoms with Crippen molar-refractivity contribution >= 4 is 11.9 Å². The lowest BCUT2D eigenvalue weighted by Crippen LogP contribution is -2.51. The van der Waals surface area contributed by atoms with Crippen LogP contribution in [0.1, 0.15) is 79.1 Å². The van der Waals surface area contributed by atoms with Gasteiger partial charge in [-0.25, -0.2) is 0 Å². The van der Waals surface area contributed by atoms with Crippen LogP contribution in [0.3, 0.4) is 0 Å². The highest BCUT2D eigenvalue weighted by atomic mass is 16.4. The first kappa shape index (κ1) is 19.9. The van der Waals surface area contributed by atoms with E-state index in [4.69, 9.17) is 0 Å². The highest BCUT2D eigenvalue weighted by Crippen LogP contribution is 2.46. The van der Waals surface area contributed by atoms with Gasteiger partial charge in [0.2, 0.25) is 0 Å². The van der Waals surface area contributed by atoms with Crippen molar-refractivity contribution in [2.75, 3.05) is 0 Å². The fraction of sp³-hybridized carbons (Fsp3) is 0.882. The first-order chi connectivity index (χ1) is 9.93. The summed E-state index contributed by atoms with van der Waals surface area (Å²) < 4.78 is 0. The summed E-state index contributed by atoms with van der Waals surface area (Å²) in [5.41, 5.74) is -1.63. The molecule has 0 fully saturated rings. The third-order valence-electron chi connectivity index (χ3n) is 4.54. The van der Waals surface area contributed by atoms with Gasteiger partial charge in [-0.05, 0) is 37.5 Å². The largest absolute Gasteiger partial charge is 0.480 e. The van der Waals surface area contributed by atoms with Gasteiger partial charge in [-0.3, -0.25) is 9.59 Å². The van der Waals surface area contributed by atoms with Gasteiger partial charge in [-0.1, -0.05) is 53.4 Å². The Morgan fingerprint density at radius 2 is 0.952 bits per heavy atom. The molecule has 0 spiro atoms. The summed E-state index contributed by atoms with van der Waals surface area (Å²) in [6.07, 6.45) is 5.92. The van der Waals surface area contributed by atoms with Crippen molar-refractivity contribution in [1.82, 2.24) is 0 Å². The minimum atomic E-state index is -1.63. The van der Waals surface area contributed by atoms with E-state index in [1.54, 1.807) is 0 Å². The lowest BCUT2D eigenvalue weighted by molar-refractivity contribution is -0.176. The summed E-state index contributed by atoms with van der Waals surface area (Å²) in [7, 11) is 0. The van der Waals surface area contributed by atoms with Gasteiger partial charge in [0.1, 0.15) is 0 Å². The van der Waals surface area contributed by atoms with E-state index in [0.29, 0.717) is 25.7 Å². The highest BCUT2D eigenvalue weighted by Gasteiger charge is 2.56. The van der Waals surface area contributed by atoms with Gasteiger partial charge in [0.05, 0.1) is 0 Å². The molecular formula is C17H32O4. The Morgan fingerprint density at radius 3 is 1.10 bits per heavy atom. The average molecular weight is 300 g/mol. The minimum Gasteiger partial charge on any atom is -0.480 e. The number of carbonyl (C=O) groups is 2. The maximum atomic E-state index is 12.1. The van der Waals surface area contributed by atoms with Crippen LogP contribution in [0.15, 0.2) is 0 Å². The Bertz CT molecular complexity index is 281. The van der Waals surface area contributed by atoms with Crippen molar-refractivity contribution < 1.29 is 19.8 Å². The lowest BCUT2D eigenvalue weighted by atomic mass is 9.61. The van der Waals surface area contributed by atoms with E-state index < -0.39 is 17.4 Å². The third kappa shape index (κ3) is 4.45. The standard InChI is InChI=1S/C17H32O4/c1-5-9-13(10-6-2)17(15(18)19,16(20)21)14(11-7-3)12-8-4/h13-14H,5-12H2,1-4H3,(H,18,19)(H,20,21). The smallest absolute Gasteiger partial charge is 0.321 e. The van der Waals surface area contributed by atoms with Crippen molar-refractivity contribution in [2.45, 2.75) is 79.1 Å². The lowest BCUT2D eigenvalue weighted by Gasteiger charge is -2.40. The Morgan fingerprint density at radius 1 is 0.714 bits per heavy atom. The molecule has 0 aromatic carbocycles. The Kier molecular flexibility index (Phi) is 9.31. The van der Waals surface area contributed by atoms with Crippen LogP contribution in [0.5, 0.6) is 0 Å². The van der Waals surface area contributed by atoms with E-state index in [9.17, 15) is 19.8 Å². The van der Waals surface area contributed by atoms with Crippen molar-refractivity contribution in [1.29, 1.82) is 0 Å². The van der Waals surface area contributed by atoms with Gasteiger partial charge in [-0.15, -0.1) is 0 Å². The van der Waals surface area contributed by atoms with Crippen molar-refractivity contribution in [3.05, 3.63) is 0 Å². The molecule has 0 bridgehead atoms. The molecule has 0 aromatic rings. The molecule has 0 rings (SSSR count). The number of hydrogen-bond donors (Lipinski definition) is 2. The van der Waals surface area contributed by atoms with Crippen LogP contribution in [0.2, 0.25) is 0 Å². The number of carboxylic acid groups (broad SMARTS) is 2. The van der Waals surface area contributed by atoms with E-state index in [0.717, 1.165) is 25.7 Å². The monoisotopic (exact) mass is 300 g/mol. The summed E-state index contributed by atoms with van der Waals surface area (Å²) >= 11 is 0. The van der Waals surface area contributed by atoms with Crippen LogP contribution >= 0.6 is 0 Å². The number of aliphatic carboxylic acids is 2. The van der Waals surface area contributed by atoms with E-state index in [1.807, 2.05) is 27.7 Å². The molecule has 0 unspecified atom stereocenters. The van der Waals surface area contributed by atoms with Crippen molar-refractivity contribution in [3.8, 4) is 0 Å². The molecule has 0 amide bonds. The molecule has 0 heterocycles. The summed E-state index contributed by atoms with van der Waals surface area (Å²) in [5.74, 6) is -2.86. The number of hydrogen-bond acceptors (Lipinski definition) is 2. The van der Waals surface area contributed by atoms with E-state index in [2.05, 4.69) is 0 Å². The molecule has 4 nitrogen and oxygen atoms in total. The average Bonchev–Trinajstić information content (AvgIpc) is 2.39. The van der Waals surface area contributed by atoms with E-state index >= 15 is 0 Å². The van der Waals surface area contributed by atoms with Gasteiger partial charge >= 0.3 is 11.9 Å². The van der Waals surface area contributed by atoms with Crippen LogP contribution in [0, 0.1) is 17.3 Å². The molecule has 124 valence electrons. The molecule has 0 atom stereocenters. The molecule has 0 aliphatic rings. The first-order valence-corrected chi connectivity index (χ1v) is 8.39. The summed E-state index contributed by atoms with van der Waals surface area (Å²) in [4.78, 5) is 24.1. The van der Waals surface area contributed by atoms with Gasteiger partial charge in [0.25, 0.3) is 0 Å². The maximum absolute atomic E-state index is 12.1. The molecule has 0 aliphatic carbocycles. The SMILES string of the molecule is CCCC(CCC)C(C(=O)O)(C(=O)O)C(CCC)CCC. The Labute approximate surface area is 128 Å². The summed E-state index contributed by atoms with van der Waals surface area (Å²) in [6, 6.07) is 0. The predicted octanol–water partition coefficient (Wildman–Crippen LogP) is 4.57. The maximum Gasteiger partial charge on any atom is 0.321 e. The van der Waals surface area contributed by atoms with E-state index in [-0.39, 0.29) is 11.8 Å². The van der Waals surface area contributed by atoms with Gasteiger partial charge in [0.15, 0.2) is 5.41 Å². The highest BCUT2D eigenvalue weighted by molar-refractivity contribution is 5.99. The zero-order valence-corrected chi connectivity index (χ0v) is 14.0. The zero-order valence-electron chi connectivity index (χ0n) is 14.0. The first-order valence-electron chi connectivity index (χ1n) is 8.39. The molecular weight excluding hydrogens is 268 g/mol. The molecule has 4 heteroatoms. The molecule has 21 heavy (non-hydrogen) atoms. The van der Waals surface area contributed by atoms with E-state index in [1.165, 1.54) is 0 Å². The molecule has 0 saturated carbocycles. The van der Waals surface area contributed by atoms with Crippen LogP contribution < -0.4 is 0 Å². The van der Waals surface area contributed by atoms with Crippen molar-refractivity contribution in [2.24, 2.45) is 17.3 Å². The number of carboxylic acids is 2. The van der Waals surface area contributed by atoms with Crippen LogP contribution in [0.4, 0.5) is 0 Å². The second kappa shape index (κ2) is 9.80. The molecule has 0 aliphatic heterocycles. The molecule has 0 aromatic heterocycles. The second-order valence-corrected chi connectivity index (χ2v) is 6.03. The van der Waals surface area contributed by atoms with Crippen LogP contribution in [-0.4, -0.2) is 22.2 Å². The second-order valence-electron chi connectivity index (χ2n) is 6.03. The Hall–Kier alpha value is -1.06. The minimum absolute atomic E-state index is 0.286. The fourth-order valence-electron chi connectivity index (χ4n) is 3.72. The molecule has 0 radical (unpaired) electrons. The third-order valence-corrected chi connectivity index (χ3v) is 4.54.